The molecule has 0 saturated heterocycles. The van der Waals surface area contributed by atoms with Crippen LogP contribution in [0.4, 0.5) is 0 Å². The standard InChI is InChI=1S/C6H4Br2.C5H10O/c7-5-3-1-2-4-6(5)8;1-3-5(6)4-2/h1-4H;3-4H2,1-2H3. The summed E-state index contributed by atoms with van der Waals surface area (Å²) in [5.74, 6) is 0.343. The summed E-state index contributed by atoms with van der Waals surface area (Å²) in [5, 5.41) is 0. The number of hydrogen-bond donors (Lipinski definition) is 0. The average molecular weight is 322 g/mol. The van der Waals surface area contributed by atoms with Crippen LogP contribution in [0.1, 0.15) is 26.7 Å². The molecule has 0 heterocycles. The Labute approximate surface area is 102 Å². The predicted octanol–water partition coefficient (Wildman–Crippen LogP) is 4.59. The Balaban J connectivity index is 0.000000255. The van der Waals surface area contributed by atoms with Crippen molar-refractivity contribution in [2.75, 3.05) is 0 Å². The molecule has 0 radical (unpaired) electrons. The fraction of sp³-hybridized carbons (Fsp3) is 0.364. The van der Waals surface area contributed by atoms with Crippen LogP contribution >= 0.6 is 31.9 Å². The molecule has 0 unspecified atom stereocenters. The number of rotatable bonds is 2. The number of hydrogen-bond acceptors (Lipinski definition) is 1. The van der Waals surface area contributed by atoms with Crippen molar-refractivity contribution in [3.8, 4) is 0 Å². The van der Waals surface area contributed by atoms with Gasteiger partial charge in [0.2, 0.25) is 0 Å². The minimum Gasteiger partial charge on any atom is -0.300 e. The van der Waals surface area contributed by atoms with E-state index in [9.17, 15) is 4.79 Å². The second-order valence-electron chi connectivity index (χ2n) is 2.66. The van der Waals surface area contributed by atoms with E-state index in [0.29, 0.717) is 18.6 Å². The van der Waals surface area contributed by atoms with Crippen LogP contribution in [0.5, 0.6) is 0 Å². The molecule has 0 spiro atoms. The van der Waals surface area contributed by atoms with Crippen LogP contribution in [0.15, 0.2) is 33.2 Å². The van der Waals surface area contributed by atoms with Gasteiger partial charge in [0.25, 0.3) is 0 Å². The molecule has 0 bridgehead atoms. The van der Waals surface area contributed by atoms with E-state index in [0.717, 1.165) is 8.95 Å². The summed E-state index contributed by atoms with van der Waals surface area (Å²) in [6.45, 7) is 3.76. The SMILES string of the molecule is Brc1ccccc1Br.CCC(=O)CC. The number of halogens is 2. The van der Waals surface area contributed by atoms with Crippen LogP contribution in [0, 0.1) is 0 Å². The minimum absolute atomic E-state index is 0.343. The highest BCUT2D eigenvalue weighted by Crippen LogP contribution is 2.20. The average Bonchev–Trinajstić information content (AvgIpc) is 2.22. The van der Waals surface area contributed by atoms with Crippen molar-refractivity contribution < 1.29 is 4.79 Å². The van der Waals surface area contributed by atoms with Crippen LogP contribution in [-0.2, 0) is 4.79 Å². The second-order valence-corrected chi connectivity index (χ2v) is 4.37. The Morgan fingerprint density at radius 3 is 1.57 bits per heavy atom. The first-order valence-corrected chi connectivity index (χ1v) is 6.12. The van der Waals surface area contributed by atoms with Crippen molar-refractivity contribution >= 4 is 37.6 Å². The maximum atomic E-state index is 10.2. The molecule has 1 aromatic rings. The smallest absolute Gasteiger partial charge is 0.132 e. The van der Waals surface area contributed by atoms with Gasteiger partial charge in [0, 0.05) is 21.8 Å². The summed E-state index contributed by atoms with van der Waals surface area (Å²) in [6, 6.07) is 7.94. The van der Waals surface area contributed by atoms with Gasteiger partial charge in [-0.1, -0.05) is 26.0 Å². The fourth-order valence-corrected chi connectivity index (χ4v) is 1.26. The lowest BCUT2D eigenvalue weighted by Gasteiger charge is -1.89. The van der Waals surface area contributed by atoms with Crippen LogP contribution in [0.3, 0.4) is 0 Å². The summed E-state index contributed by atoms with van der Waals surface area (Å²) >= 11 is 6.70. The zero-order valence-corrected chi connectivity index (χ0v) is 11.6. The fourth-order valence-electron chi connectivity index (χ4n) is 0.689. The van der Waals surface area contributed by atoms with Crippen molar-refractivity contribution in [1.29, 1.82) is 0 Å². The van der Waals surface area contributed by atoms with Crippen molar-refractivity contribution in [2.24, 2.45) is 0 Å². The van der Waals surface area contributed by atoms with Crippen molar-refractivity contribution in [2.45, 2.75) is 26.7 Å². The number of Topliss-reactive ketones (excluding diaryl/α,β-unsaturated/α-hetero) is 1. The molecular formula is C11H14Br2O. The van der Waals surface area contributed by atoms with E-state index in [1.807, 2.05) is 38.1 Å². The van der Waals surface area contributed by atoms with Crippen LogP contribution < -0.4 is 0 Å². The number of carbonyl (C=O) groups excluding carboxylic acids is 1. The Morgan fingerprint density at radius 1 is 1.07 bits per heavy atom. The molecule has 1 nitrogen and oxygen atoms in total. The first-order chi connectivity index (χ1) is 6.61. The summed E-state index contributed by atoms with van der Waals surface area (Å²) in [6.07, 6.45) is 1.38. The van der Waals surface area contributed by atoms with Crippen LogP contribution in [-0.4, -0.2) is 5.78 Å². The van der Waals surface area contributed by atoms with Gasteiger partial charge in [-0.05, 0) is 44.0 Å². The highest BCUT2D eigenvalue weighted by atomic mass is 79.9. The van der Waals surface area contributed by atoms with Gasteiger partial charge in [-0.25, -0.2) is 0 Å². The number of carbonyl (C=O) groups is 1. The molecule has 0 N–H and O–H groups in total. The lowest BCUT2D eigenvalue weighted by Crippen LogP contribution is -1.88. The molecule has 0 aromatic heterocycles. The van der Waals surface area contributed by atoms with Crippen molar-refractivity contribution in [1.82, 2.24) is 0 Å². The van der Waals surface area contributed by atoms with Gasteiger partial charge < -0.3 is 0 Å². The molecule has 0 saturated carbocycles. The van der Waals surface area contributed by atoms with E-state index in [1.54, 1.807) is 0 Å². The number of benzene rings is 1. The van der Waals surface area contributed by atoms with Crippen LogP contribution in [0.2, 0.25) is 0 Å². The largest absolute Gasteiger partial charge is 0.300 e. The van der Waals surface area contributed by atoms with E-state index >= 15 is 0 Å². The van der Waals surface area contributed by atoms with Crippen molar-refractivity contribution in [3.05, 3.63) is 33.2 Å². The van der Waals surface area contributed by atoms with Gasteiger partial charge in [-0.2, -0.15) is 0 Å². The third-order valence-corrected chi connectivity index (χ3v) is 3.53. The summed E-state index contributed by atoms with van der Waals surface area (Å²) in [4.78, 5) is 10.2. The quantitative estimate of drug-likeness (QED) is 0.778. The lowest BCUT2D eigenvalue weighted by atomic mass is 10.3. The van der Waals surface area contributed by atoms with E-state index in [2.05, 4.69) is 31.9 Å². The molecule has 0 amide bonds. The van der Waals surface area contributed by atoms with Gasteiger partial charge in [-0.15, -0.1) is 0 Å². The normalized spacial score (nSPS) is 8.86. The van der Waals surface area contributed by atoms with E-state index in [1.165, 1.54) is 0 Å². The second kappa shape index (κ2) is 8.18. The molecule has 3 heteroatoms. The third kappa shape index (κ3) is 6.33. The maximum Gasteiger partial charge on any atom is 0.132 e. The number of ketones is 1. The molecule has 0 aliphatic carbocycles. The van der Waals surface area contributed by atoms with E-state index < -0.39 is 0 Å². The first-order valence-electron chi connectivity index (χ1n) is 4.53. The molecule has 78 valence electrons. The molecule has 0 atom stereocenters. The lowest BCUT2D eigenvalue weighted by molar-refractivity contribution is -0.118. The molecule has 14 heavy (non-hydrogen) atoms. The molecule has 1 aromatic carbocycles. The van der Waals surface area contributed by atoms with Gasteiger partial charge in [-0.3, -0.25) is 4.79 Å². The van der Waals surface area contributed by atoms with E-state index in [-0.39, 0.29) is 0 Å². The maximum absolute atomic E-state index is 10.2. The van der Waals surface area contributed by atoms with Gasteiger partial charge >= 0.3 is 0 Å². The highest BCUT2D eigenvalue weighted by molar-refractivity contribution is 9.13. The van der Waals surface area contributed by atoms with Gasteiger partial charge in [0.1, 0.15) is 5.78 Å². The Hall–Kier alpha value is -0.150. The van der Waals surface area contributed by atoms with Gasteiger partial charge in [0.15, 0.2) is 0 Å². The van der Waals surface area contributed by atoms with Crippen LogP contribution in [0.25, 0.3) is 0 Å². The summed E-state index contributed by atoms with van der Waals surface area (Å²) in [7, 11) is 0. The predicted molar refractivity (Wildman–Crippen MR) is 67.4 cm³/mol. The molecule has 0 aliphatic rings. The third-order valence-electron chi connectivity index (χ3n) is 1.61. The summed E-state index contributed by atoms with van der Waals surface area (Å²) in [5.41, 5.74) is 0. The Morgan fingerprint density at radius 2 is 1.43 bits per heavy atom. The molecule has 1 rings (SSSR count). The van der Waals surface area contributed by atoms with E-state index in [4.69, 9.17) is 0 Å². The zero-order chi connectivity index (χ0) is 11.0. The zero-order valence-electron chi connectivity index (χ0n) is 8.39. The summed E-state index contributed by atoms with van der Waals surface area (Å²) < 4.78 is 2.19. The minimum atomic E-state index is 0.343. The molecule has 0 aliphatic heterocycles. The van der Waals surface area contributed by atoms with Gasteiger partial charge in [0.05, 0.1) is 0 Å². The Bertz CT molecular complexity index is 257. The highest BCUT2D eigenvalue weighted by Gasteiger charge is 1.88. The molecule has 0 fully saturated rings. The van der Waals surface area contributed by atoms with Crippen molar-refractivity contribution in [3.63, 3.8) is 0 Å². The Kier molecular flexibility index (Phi) is 8.09. The monoisotopic (exact) mass is 320 g/mol. The molecular weight excluding hydrogens is 308 g/mol. The topological polar surface area (TPSA) is 17.1 Å². The first kappa shape index (κ1) is 13.8.